The summed E-state index contributed by atoms with van der Waals surface area (Å²) in [5.41, 5.74) is 7.81. The van der Waals surface area contributed by atoms with E-state index in [1.807, 2.05) is 26.0 Å². The average Bonchev–Trinajstić information content (AvgIpc) is 3.53. The van der Waals surface area contributed by atoms with Crippen molar-refractivity contribution >= 4 is 39.8 Å². The van der Waals surface area contributed by atoms with Crippen LogP contribution in [0.2, 0.25) is 0 Å². The molecule has 7 rings (SSSR count). The molecule has 6 bridgehead atoms. The Morgan fingerprint density at radius 2 is 1.46 bits per heavy atom. The number of rotatable bonds is 5. The van der Waals surface area contributed by atoms with Crippen LogP contribution in [0.4, 0.5) is 0 Å². The van der Waals surface area contributed by atoms with Crippen molar-refractivity contribution in [2.45, 2.75) is 21.6 Å². The molecule has 0 fully saturated rings. The Labute approximate surface area is 236 Å². The van der Waals surface area contributed by atoms with Crippen LogP contribution in [0, 0.1) is 0 Å². The first kappa shape index (κ1) is 24.1. The summed E-state index contributed by atoms with van der Waals surface area (Å²) < 4.78 is 17.3. The molecule has 0 aromatic heterocycles. The summed E-state index contributed by atoms with van der Waals surface area (Å²) >= 11 is 1.59. The fourth-order valence-electron chi connectivity index (χ4n) is 6.38. The second-order valence-electron chi connectivity index (χ2n) is 9.68. The Bertz CT molecular complexity index is 1610. The first-order chi connectivity index (χ1) is 18.1. The number of halogens is 1. The van der Waals surface area contributed by atoms with Crippen molar-refractivity contribution < 1.29 is 26.8 Å². The average molecular weight is 645 g/mol. The molecule has 0 spiro atoms. The molecule has 4 aromatic carbocycles. The van der Waals surface area contributed by atoms with Crippen LogP contribution in [-0.2, 0) is 26.8 Å². The maximum atomic E-state index is 6.75. The van der Waals surface area contributed by atoms with E-state index in [1.54, 1.807) is 0 Å². The van der Waals surface area contributed by atoms with Crippen molar-refractivity contribution in [1.29, 1.82) is 0 Å². The molecule has 0 N–H and O–H groups in total. The molecular formula is C32H25BrO2SZr. The van der Waals surface area contributed by atoms with E-state index in [9.17, 15) is 0 Å². The van der Waals surface area contributed by atoms with Gasteiger partial charge in [0.1, 0.15) is 0 Å². The Balaban J connectivity index is 1.48. The van der Waals surface area contributed by atoms with E-state index in [1.165, 1.54) is 49.7 Å². The summed E-state index contributed by atoms with van der Waals surface area (Å²) in [4.78, 5) is 2.58. The molecular weight excluding hydrogens is 620 g/mol. The van der Waals surface area contributed by atoms with Crippen molar-refractivity contribution in [2.75, 3.05) is 14.2 Å². The molecule has 1 heterocycles. The van der Waals surface area contributed by atoms with Crippen LogP contribution >= 0.6 is 27.7 Å². The standard InChI is InChI=1S/C15H10Br.C15H9S.2CH3O.Zr/c16-14-8-4-7-12-9-10-13(15(12)14)11-5-2-1-3-6-11;1-3-10-9-11(4-1)16-15-6-2-5-13-12(10)7-8-14(13)15;2*1-2;/h1-9,13H;1-6,8-9,12H;2*1H3;/q;;2*-1;+2. The van der Waals surface area contributed by atoms with E-state index < -0.39 is 21.1 Å². The van der Waals surface area contributed by atoms with Crippen molar-refractivity contribution in [2.24, 2.45) is 0 Å². The zero-order valence-electron chi connectivity index (χ0n) is 20.6. The third kappa shape index (κ3) is 3.62. The fraction of sp³-hybridized carbons (Fsp3) is 0.125. The third-order valence-corrected chi connectivity index (χ3v) is 18.4. The van der Waals surface area contributed by atoms with Gasteiger partial charge in [-0.1, -0.05) is 0 Å². The molecule has 3 aliphatic rings. The van der Waals surface area contributed by atoms with Gasteiger partial charge in [-0.15, -0.1) is 0 Å². The quantitative estimate of drug-likeness (QED) is 0.216. The van der Waals surface area contributed by atoms with Crippen LogP contribution < -0.4 is 0 Å². The van der Waals surface area contributed by atoms with Gasteiger partial charge in [-0.3, -0.25) is 0 Å². The summed E-state index contributed by atoms with van der Waals surface area (Å²) in [7, 11) is 3.74. The second-order valence-corrected chi connectivity index (χ2v) is 19.5. The molecule has 1 aliphatic heterocycles. The van der Waals surface area contributed by atoms with Crippen LogP contribution in [-0.4, -0.2) is 14.2 Å². The summed E-state index contributed by atoms with van der Waals surface area (Å²) in [6.45, 7) is 0. The number of hydrogen-bond acceptors (Lipinski definition) is 3. The summed E-state index contributed by atoms with van der Waals surface area (Å²) in [6.07, 6.45) is 4.79. The zero-order chi connectivity index (χ0) is 25.1. The van der Waals surface area contributed by atoms with Crippen LogP contribution in [0.1, 0.15) is 45.2 Å². The molecule has 0 radical (unpaired) electrons. The number of hydrogen-bond donors (Lipinski definition) is 0. The minimum atomic E-state index is -4.14. The van der Waals surface area contributed by atoms with Crippen LogP contribution in [0.25, 0.3) is 12.2 Å². The summed E-state index contributed by atoms with van der Waals surface area (Å²) in [5.74, 6) is 0.217. The second kappa shape index (κ2) is 9.33. The van der Waals surface area contributed by atoms with Gasteiger partial charge in [0, 0.05) is 0 Å². The zero-order valence-corrected chi connectivity index (χ0v) is 25.4. The van der Waals surface area contributed by atoms with Crippen LogP contribution in [0.5, 0.6) is 0 Å². The molecule has 37 heavy (non-hydrogen) atoms. The molecule has 0 amide bonds. The van der Waals surface area contributed by atoms with Gasteiger partial charge in [0.25, 0.3) is 0 Å². The molecule has 2 unspecified atom stereocenters. The molecule has 0 saturated carbocycles. The van der Waals surface area contributed by atoms with Crippen molar-refractivity contribution in [1.82, 2.24) is 0 Å². The predicted molar refractivity (Wildman–Crippen MR) is 151 cm³/mol. The first-order valence-corrected chi connectivity index (χ1v) is 18.5. The van der Waals surface area contributed by atoms with Gasteiger partial charge in [-0.05, 0) is 0 Å². The van der Waals surface area contributed by atoms with E-state index in [4.69, 9.17) is 5.63 Å². The van der Waals surface area contributed by atoms with Crippen molar-refractivity contribution in [3.05, 3.63) is 135 Å². The SMILES string of the molecule is C[O][Zr]([O]C)([C]1=Cc2c3cccc2C1c1cccc(c1)S3)[C]1=Cc2cccc(Br)c2C1c1ccccc1. The van der Waals surface area contributed by atoms with Crippen molar-refractivity contribution in [3.63, 3.8) is 0 Å². The first-order valence-electron chi connectivity index (χ1n) is 12.4. The van der Waals surface area contributed by atoms with Gasteiger partial charge < -0.3 is 0 Å². The topological polar surface area (TPSA) is 18.5 Å². The molecule has 5 heteroatoms. The number of allylic oxidation sites excluding steroid dienone is 2. The van der Waals surface area contributed by atoms with Gasteiger partial charge in [0.2, 0.25) is 0 Å². The van der Waals surface area contributed by atoms with Gasteiger partial charge >= 0.3 is 238 Å². The van der Waals surface area contributed by atoms with E-state index in [0.29, 0.717) is 0 Å². The van der Waals surface area contributed by atoms with Gasteiger partial charge in [0.05, 0.1) is 0 Å². The van der Waals surface area contributed by atoms with Crippen molar-refractivity contribution in [3.8, 4) is 0 Å². The summed E-state index contributed by atoms with van der Waals surface area (Å²) in [5, 5.41) is 0. The van der Waals surface area contributed by atoms with E-state index in [0.717, 1.165) is 4.47 Å². The molecule has 182 valence electrons. The van der Waals surface area contributed by atoms with E-state index >= 15 is 0 Å². The molecule has 0 saturated heterocycles. The normalized spacial score (nSPS) is 19.1. The predicted octanol–water partition coefficient (Wildman–Crippen LogP) is 8.86. The van der Waals surface area contributed by atoms with Gasteiger partial charge in [-0.25, -0.2) is 0 Å². The van der Waals surface area contributed by atoms with Gasteiger partial charge in [-0.2, -0.15) is 0 Å². The number of fused-ring (bicyclic) bond motifs is 4. The Morgan fingerprint density at radius 3 is 2.27 bits per heavy atom. The van der Waals surface area contributed by atoms with Gasteiger partial charge in [0.15, 0.2) is 0 Å². The molecule has 4 aromatic rings. The third-order valence-electron chi connectivity index (χ3n) is 7.91. The molecule has 2 atom stereocenters. The fourth-order valence-corrected chi connectivity index (χ4v) is 16.7. The van der Waals surface area contributed by atoms with E-state index in [-0.39, 0.29) is 11.8 Å². The Hall–Kier alpha value is -2.01. The maximum absolute atomic E-state index is 6.75. The Morgan fingerprint density at radius 1 is 0.730 bits per heavy atom. The van der Waals surface area contributed by atoms with E-state index in [2.05, 4.69) is 119 Å². The summed E-state index contributed by atoms with van der Waals surface area (Å²) in [6, 6.07) is 33.0. The van der Waals surface area contributed by atoms with Crippen LogP contribution in [0.3, 0.4) is 0 Å². The number of benzene rings is 4. The molecule has 2 nitrogen and oxygen atoms in total. The monoisotopic (exact) mass is 642 g/mol. The molecule has 2 aliphatic carbocycles. The Kier molecular flexibility index (Phi) is 6.06. The van der Waals surface area contributed by atoms with Crippen LogP contribution in [0.15, 0.2) is 112 Å². The minimum absolute atomic E-state index is 0.0815.